The largest absolute Gasteiger partial charge is 0.366 e. The van der Waals surface area contributed by atoms with Crippen LogP contribution in [0, 0.1) is 0 Å². The molecule has 104 valence electrons. The van der Waals surface area contributed by atoms with Crippen LogP contribution in [0.15, 0.2) is 42.5 Å². The molecule has 0 fully saturated rings. The Balaban J connectivity index is 2.15. The van der Waals surface area contributed by atoms with Crippen LogP contribution in [0.4, 0.5) is 5.69 Å². The van der Waals surface area contributed by atoms with Crippen molar-refractivity contribution < 1.29 is 14.4 Å². The zero-order valence-corrected chi connectivity index (χ0v) is 11.4. The highest BCUT2D eigenvalue weighted by Crippen LogP contribution is 2.33. The highest BCUT2D eigenvalue weighted by molar-refractivity contribution is 6.40. The molecule has 0 radical (unpaired) electrons. The van der Waals surface area contributed by atoms with E-state index >= 15 is 0 Å². The Bertz CT molecular complexity index is 766. The van der Waals surface area contributed by atoms with Gasteiger partial charge in [-0.15, -0.1) is 0 Å². The molecular formula is C15H9ClN2O3. The minimum atomic E-state index is -0.662. The number of nitrogens with two attached hydrogens (primary N) is 1. The first-order valence-corrected chi connectivity index (χ1v) is 6.45. The standard InChI is InChI=1S/C15H9ClN2O3/c16-11-6-5-8(13(17)19)7-12(11)18-14(20)9-3-1-2-4-10(9)15(18)21/h1-7H,(H2,17,19). The molecule has 0 bridgehead atoms. The van der Waals surface area contributed by atoms with E-state index in [0.29, 0.717) is 11.1 Å². The summed E-state index contributed by atoms with van der Waals surface area (Å²) in [5.41, 5.74) is 6.16. The summed E-state index contributed by atoms with van der Waals surface area (Å²) in [5, 5.41) is 0.189. The van der Waals surface area contributed by atoms with Crippen molar-refractivity contribution in [3.63, 3.8) is 0 Å². The van der Waals surface area contributed by atoms with E-state index in [2.05, 4.69) is 0 Å². The molecule has 3 amide bonds. The third kappa shape index (κ3) is 1.98. The molecule has 2 aromatic carbocycles. The number of amides is 3. The summed E-state index contributed by atoms with van der Waals surface area (Å²) in [6.07, 6.45) is 0. The summed E-state index contributed by atoms with van der Waals surface area (Å²) in [6.45, 7) is 0. The second kappa shape index (κ2) is 4.71. The van der Waals surface area contributed by atoms with Gasteiger partial charge in [-0.25, -0.2) is 4.90 Å². The second-order valence-electron chi connectivity index (χ2n) is 4.52. The SMILES string of the molecule is NC(=O)c1ccc(Cl)c(N2C(=O)c3ccccc3C2=O)c1. The van der Waals surface area contributed by atoms with E-state index in [-0.39, 0.29) is 16.3 Å². The van der Waals surface area contributed by atoms with Crippen LogP contribution in [0.25, 0.3) is 0 Å². The second-order valence-corrected chi connectivity index (χ2v) is 4.93. The number of imide groups is 1. The lowest BCUT2D eigenvalue weighted by Crippen LogP contribution is -2.30. The van der Waals surface area contributed by atoms with Crippen molar-refractivity contribution >= 4 is 35.0 Å². The zero-order chi connectivity index (χ0) is 15.1. The van der Waals surface area contributed by atoms with Gasteiger partial charge in [0.05, 0.1) is 21.8 Å². The molecule has 0 atom stereocenters. The third-order valence-corrected chi connectivity index (χ3v) is 3.59. The number of primary amides is 1. The summed E-state index contributed by atoms with van der Waals surface area (Å²) in [7, 11) is 0. The summed E-state index contributed by atoms with van der Waals surface area (Å²) < 4.78 is 0. The Labute approximate surface area is 124 Å². The van der Waals surface area contributed by atoms with Crippen molar-refractivity contribution in [2.75, 3.05) is 4.90 Å². The lowest BCUT2D eigenvalue weighted by molar-refractivity contribution is 0.0923. The molecule has 0 aromatic heterocycles. The molecule has 0 saturated carbocycles. The number of fused-ring (bicyclic) bond motifs is 1. The fourth-order valence-corrected chi connectivity index (χ4v) is 2.45. The van der Waals surface area contributed by atoms with Crippen molar-refractivity contribution in [3.8, 4) is 0 Å². The quantitative estimate of drug-likeness (QED) is 0.864. The van der Waals surface area contributed by atoms with E-state index in [9.17, 15) is 14.4 Å². The summed E-state index contributed by atoms with van der Waals surface area (Å²) in [5.74, 6) is -1.61. The van der Waals surface area contributed by atoms with Gasteiger partial charge in [-0.1, -0.05) is 23.7 Å². The van der Waals surface area contributed by atoms with Crippen LogP contribution < -0.4 is 10.6 Å². The van der Waals surface area contributed by atoms with Crippen LogP contribution >= 0.6 is 11.6 Å². The lowest BCUT2D eigenvalue weighted by Gasteiger charge is -2.16. The van der Waals surface area contributed by atoms with Gasteiger partial charge in [0, 0.05) is 5.56 Å². The Kier molecular flexibility index (Phi) is 2.99. The van der Waals surface area contributed by atoms with E-state index in [1.54, 1.807) is 24.3 Å². The number of anilines is 1. The minimum Gasteiger partial charge on any atom is -0.366 e. The van der Waals surface area contributed by atoms with E-state index in [1.807, 2.05) is 0 Å². The zero-order valence-electron chi connectivity index (χ0n) is 10.7. The van der Waals surface area contributed by atoms with E-state index < -0.39 is 17.7 Å². The highest BCUT2D eigenvalue weighted by Gasteiger charge is 2.37. The van der Waals surface area contributed by atoms with Gasteiger partial charge in [-0.3, -0.25) is 14.4 Å². The number of nitrogens with zero attached hydrogens (tertiary/aromatic N) is 1. The van der Waals surface area contributed by atoms with Crippen molar-refractivity contribution in [2.45, 2.75) is 0 Å². The predicted molar refractivity (Wildman–Crippen MR) is 77.6 cm³/mol. The van der Waals surface area contributed by atoms with Crippen molar-refractivity contribution in [1.29, 1.82) is 0 Å². The van der Waals surface area contributed by atoms with Crippen LogP contribution in [-0.2, 0) is 0 Å². The monoisotopic (exact) mass is 300 g/mol. The number of hydrogen-bond acceptors (Lipinski definition) is 3. The maximum atomic E-state index is 12.4. The predicted octanol–water partition coefficient (Wildman–Crippen LogP) is 2.24. The van der Waals surface area contributed by atoms with Crippen LogP contribution in [0.5, 0.6) is 0 Å². The first kappa shape index (κ1) is 13.3. The van der Waals surface area contributed by atoms with Crippen LogP contribution in [0.3, 0.4) is 0 Å². The molecule has 3 rings (SSSR count). The topological polar surface area (TPSA) is 80.5 Å². The average molecular weight is 301 g/mol. The average Bonchev–Trinajstić information content (AvgIpc) is 2.72. The molecule has 1 heterocycles. The van der Waals surface area contributed by atoms with Gasteiger partial charge in [0.2, 0.25) is 5.91 Å². The molecule has 2 aromatic rings. The number of rotatable bonds is 2. The molecule has 21 heavy (non-hydrogen) atoms. The lowest BCUT2D eigenvalue weighted by atomic mass is 10.1. The van der Waals surface area contributed by atoms with Crippen molar-refractivity contribution in [3.05, 3.63) is 64.2 Å². The van der Waals surface area contributed by atoms with Gasteiger partial charge < -0.3 is 5.73 Å². The highest BCUT2D eigenvalue weighted by atomic mass is 35.5. The van der Waals surface area contributed by atoms with Crippen molar-refractivity contribution in [2.24, 2.45) is 5.73 Å². The molecular weight excluding hydrogens is 292 g/mol. The van der Waals surface area contributed by atoms with Gasteiger partial charge in [-0.05, 0) is 30.3 Å². The van der Waals surface area contributed by atoms with Gasteiger partial charge in [0.1, 0.15) is 0 Å². The maximum absolute atomic E-state index is 12.4. The van der Waals surface area contributed by atoms with Gasteiger partial charge >= 0.3 is 0 Å². The number of benzene rings is 2. The summed E-state index contributed by atoms with van der Waals surface area (Å²) in [4.78, 5) is 37.0. The molecule has 0 unspecified atom stereocenters. The molecule has 0 spiro atoms. The fraction of sp³-hybridized carbons (Fsp3) is 0. The molecule has 1 aliphatic rings. The Morgan fingerprint density at radius 3 is 2.10 bits per heavy atom. The summed E-state index contributed by atoms with van der Waals surface area (Å²) >= 11 is 6.06. The van der Waals surface area contributed by atoms with Crippen LogP contribution in [0.2, 0.25) is 5.02 Å². The first-order valence-electron chi connectivity index (χ1n) is 6.08. The van der Waals surface area contributed by atoms with E-state index in [0.717, 1.165) is 4.90 Å². The molecule has 0 aliphatic carbocycles. The van der Waals surface area contributed by atoms with E-state index in [4.69, 9.17) is 17.3 Å². The van der Waals surface area contributed by atoms with Gasteiger partial charge in [-0.2, -0.15) is 0 Å². The molecule has 2 N–H and O–H groups in total. The fourth-order valence-electron chi connectivity index (χ4n) is 2.25. The molecule has 6 heteroatoms. The molecule has 0 saturated heterocycles. The van der Waals surface area contributed by atoms with Crippen LogP contribution in [0.1, 0.15) is 31.1 Å². The smallest absolute Gasteiger partial charge is 0.266 e. The number of hydrogen-bond donors (Lipinski definition) is 1. The van der Waals surface area contributed by atoms with Crippen LogP contribution in [-0.4, -0.2) is 17.7 Å². The third-order valence-electron chi connectivity index (χ3n) is 3.27. The number of halogens is 1. The molecule has 5 nitrogen and oxygen atoms in total. The summed E-state index contributed by atoms with van der Waals surface area (Å²) in [6, 6.07) is 10.7. The Morgan fingerprint density at radius 1 is 1.00 bits per heavy atom. The number of carbonyl (C=O) groups is 3. The van der Waals surface area contributed by atoms with Gasteiger partial charge in [0.25, 0.3) is 11.8 Å². The Hall–Kier alpha value is -2.66. The number of carbonyl (C=O) groups excluding carboxylic acids is 3. The van der Waals surface area contributed by atoms with Crippen molar-refractivity contribution in [1.82, 2.24) is 0 Å². The maximum Gasteiger partial charge on any atom is 0.266 e. The first-order chi connectivity index (χ1) is 10.0. The Morgan fingerprint density at radius 2 is 1.57 bits per heavy atom. The molecule has 1 aliphatic heterocycles. The minimum absolute atomic E-state index is 0.152. The van der Waals surface area contributed by atoms with Gasteiger partial charge in [0.15, 0.2) is 0 Å². The normalized spacial score (nSPS) is 13.5. The van der Waals surface area contributed by atoms with E-state index in [1.165, 1.54) is 18.2 Å².